The van der Waals surface area contributed by atoms with E-state index >= 15 is 4.39 Å². The van der Waals surface area contributed by atoms with Crippen LogP contribution in [0.5, 0.6) is 11.5 Å². The van der Waals surface area contributed by atoms with Crippen molar-refractivity contribution in [2.24, 2.45) is 4.99 Å². The number of hydrogen-bond donors (Lipinski definition) is 1. The van der Waals surface area contributed by atoms with Gasteiger partial charge in [-0.15, -0.1) is 10.2 Å². The highest BCUT2D eigenvalue weighted by Gasteiger charge is 2.28. The summed E-state index contributed by atoms with van der Waals surface area (Å²) in [6, 6.07) is 7.75. The van der Waals surface area contributed by atoms with Crippen molar-refractivity contribution in [3.63, 3.8) is 0 Å². The van der Waals surface area contributed by atoms with Crippen molar-refractivity contribution >= 4 is 46.2 Å². The summed E-state index contributed by atoms with van der Waals surface area (Å²) in [5, 5.41) is 8.56. The number of nitrogen functional groups attached to an aromatic ring is 1. The predicted octanol–water partition coefficient (Wildman–Crippen LogP) is 5.69. The molecule has 0 spiro atoms. The molecule has 3 aromatic rings. The maximum Gasteiger partial charge on any atom is 0.232 e. The number of ether oxygens (including phenoxy) is 1. The van der Waals surface area contributed by atoms with Crippen LogP contribution in [0.15, 0.2) is 39.7 Å². The summed E-state index contributed by atoms with van der Waals surface area (Å²) < 4.78 is 26.4. The Morgan fingerprint density at radius 1 is 1.24 bits per heavy atom. The van der Waals surface area contributed by atoms with Crippen molar-refractivity contribution in [3.8, 4) is 11.5 Å². The fourth-order valence-corrected chi connectivity index (χ4v) is 4.15. The number of nitrogens with two attached hydrogens (primary N) is 1. The standard InChI is InChI=1S/C19H15Cl2FN4O2S/c1-9-18(29-8-24-9)19-26-25-15(28-19)4-10-2-3-14(21)17(16(10)22)27-13-6-11(20)5-12(23)7-13/h2-3,5-9,18H,4,23H2,1H3. The van der Waals surface area contributed by atoms with E-state index < -0.39 is 5.82 Å². The van der Waals surface area contributed by atoms with Gasteiger partial charge in [-0.05, 0) is 25.1 Å². The minimum atomic E-state index is -0.622. The lowest BCUT2D eigenvalue weighted by molar-refractivity contribution is 0.429. The number of halogens is 3. The van der Waals surface area contributed by atoms with Crippen LogP contribution in [0.4, 0.5) is 10.1 Å². The lowest BCUT2D eigenvalue weighted by Gasteiger charge is -2.12. The van der Waals surface area contributed by atoms with Gasteiger partial charge in [0.2, 0.25) is 11.8 Å². The Labute approximate surface area is 180 Å². The van der Waals surface area contributed by atoms with E-state index in [4.69, 9.17) is 38.1 Å². The average Bonchev–Trinajstić information content (AvgIpc) is 3.29. The summed E-state index contributed by atoms with van der Waals surface area (Å²) in [5.41, 5.74) is 8.22. The molecule has 2 aromatic carbocycles. The first kappa shape index (κ1) is 20.0. The van der Waals surface area contributed by atoms with Crippen molar-refractivity contribution in [2.45, 2.75) is 24.6 Å². The number of aliphatic imine (C=N–C) groups is 1. The zero-order chi connectivity index (χ0) is 20.5. The lowest BCUT2D eigenvalue weighted by Crippen LogP contribution is -2.05. The van der Waals surface area contributed by atoms with Crippen molar-refractivity contribution < 1.29 is 13.5 Å². The summed E-state index contributed by atoms with van der Waals surface area (Å²) in [6.07, 6.45) is 0.0939. The molecule has 2 N–H and O–H groups in total. The second kappa shape index (κ2) is 8.22. The Balaban J connectivity index is 1.57. The van der Waals surface area contributed by atoms with Gasteiger partial charge in [0.15, 0.2) is 11.6 Å². The van der Waals surface area contributed by atoms with Gasteiger partial charge in [-0.1, -0.05) is 41.0 Å². The molecule has 0 aliphatic carbocycles. The largest absolute Gasteiger partial charge is 0.453 e. The molecule has 29 heavy (non-hydrogen) atoms. The molecular formula is C19H15Cl2FN4O2S. The lowest BCUT2D eigenvalue weighted by atomic mass is 10.1. The Hall–Kier alpha value is -2.29. The first-order chi connectivity index (χ1) is 13.9. The van der Waals surface area contributed by atoms with Crippen molar-refractivity contribution in [1.82, 2.24) is 10.2 Å². The Kier molecular flexibility index (Phi) is 5.67. The minimum Gasteiger partial charge on any atom is -0.453 e. The topological polar surface area (TPSA) is 86.5 Å². The van der Waals surface area contributed by atoms with E-state index in [1.54, 1.807) is 23.7 Å². The van der Waals surface area contributed by atoms with Crippen LogP contribution in [-0.2, 0) is 6.42 Å². The van der Waals surface area contributed by atoms with Crippen LogP contribution in [0, 0.1) is 5.82 Å². The van der Waals surface area contributed by atoms with E-state index in [0.717, 1.165) is 0 Å². The molecule has 1 aliphatic rings. The van der Waals surface area contributed by atoms with Crippen molar-refractivity contribution in [2.75, 3.05) is 5.73 Å². The molecule has 0 saturated carbocycles. The highest BCUT2D eigenvalue weighted by molar-refractivity contribution is 8.12. The molecule has 0 saturated heterocycles. The van der Waals surface area contributed by atoms with Gasteiger partial charge in [-0.2, -0.15) is 0 Å². The molecule has 150 valence electrons. The molecule has 2 unspecified atom stereocenters. The van der Waals surface area contributed by atoms with Crippen molar-refractivity contribution in [3.05, 3.63) is 63.5 Å². The monoisotopic (exact) mass is 452 g/mol. The van der Waals surface area contributed by atoms with Gasteiger partial charge in [0, 0.05) is 22.3 Å². The first-order valence-electron chi connectivity index (χ1n) is 8.61. The molecule has 1 aromatic heterocycles. The maximum absolute atomic E-state index is 15.1. The number of anilines is 1. The van der Waals surface area contributed by atoms with Crippen LogP contribution in [0.25, 0.3) is 0 Å². The van der Waals surface area contributed by atoms with Gasteiger partial charge in [0.05, 0.1) is 23.0 Å². The number of benzene rings is 2. The molecule has 10 heteroatoms. The number of hydrogen-bond acceptors (Lipinski definition) is 7. The van der Waals surface area contributed by atoms with Gasteiger partial charge in [0.25, 0.3) is 0 Å². The summed E-state index contributed by atoms with van der Waals surface area (Å²) in [6.45, 7) is 1.97. The fourth-order valence-electron chi connectivity index (χ4n) is 2.83. The number of thioether (sulfide) groups is 1. The second-order valence-electron chi connectivity index (χ2n) is 6.43. The summed E-state index contributed by atoms with van der Waals surface area (Å²) in [4.78, 5) is 4.28. The van der Waals surface area contributed by atoms with Gasteiger partial charge < -0.3 is 14.9 Å². The summed E-state index contributed by atoms with van der Waals surface area (Å²) in [5.74, 6) is 0.288. The predicted molar refractivity (Wildman–Crippen MR) is 113 cm³/mol. The van der Waals surface area contributed by atoms with Crippen LogP contribution in [0.3, 0.4) is 0 Å². The quantitative estimate of drug-likeness (QED) is 0.500. The molecule has 1 aliphatic heterocycles. The molecular weight excluding hydrogens is 438 g/mol. The number of nitrogens with zero attached hydrogens (tertiary/aromatic N) is 3. The van der Waals surface area contributed by atoms with Crippen LogP contribution < -0.4 is 10.5 Å². The van der Waals surface area contributed by atoms with Gasteiger partial charge in [-0.25, -0.2) is 4.39 Å². The Bertz CT molecular complexity index is 1070. The van der Waals surface area contributed by atoms with Gasteiger partial charge in [0.1, 0.15) is 11.0 Å². The van der Waals surface area contributed by atoms with E-state index in [1.165, 1.54) is 23.9 Å². The molecule has 4 rings (SSSR count). The third-order valence-electron chi connectivity index (χ3n) is 4.25. The molecule has 0 amide bonds. The highest BCUT2D eigenvalue weighted by atomic mass is 35.5. The smallest absolute Gasteiger partial charge is 0.232 e. The highest BCUT2D eigenvalue weighted by Crippen LogP contribution is 2.38. The zero-order valence-electron chi connectivity index (χ0n) is 15.1. The first-order valence-corrected chi connectivity index (χ1v) is 10.3. The molecule has 0 radical (unpaired) electrons. The third-order valence-corrected chi connectivity index (χ3v) is 5.90. The second-order valence-corrected chi connectivity index (χ2v) is 8.27. The van der Waals surface area contributed by atoms with E-state index in [1.807, 2.05) is 6.92 Å². The zero-order valence-corrected chi connectivity index (χ0v) is 17.4. The molecule has 6 nitrogen and oxygen atoms in total. The van der Waals surface area contributed by atoms with E-state index in [9.17, 15) is 0 Å². The summed E-state index contributed by atoms with van der Waals surface area (Å²) >= 11 is 13.6. The maximum atomic E-state index is 15.1. The minimum absolute atomic E-state index is 0.0292. The third kappa shape index (κ3) is 4.34. The van der Waals surface area contributed by atoms with Gasteiger partial charge in [-0.3, -0.25) is 4.99 Å². The normalized spacial score (nSPS) is 18.3. The van der Waals surface area contributed by atoms with E-state index in [0.29, 0.717) is 28.1 Å². The van der Waals surface area contributed by atoms with Crippen LogP contribution in [0.1, 0.15) is 29.5 Å². The SMILES string of the molecule is CC1N=CSC1c1nnc(Cc2ccc(Cl)c(Oc3cc(N)cc(Cl)c3)c2F)o1. The van der Waals surface area contributed by atoms with Gasteiger partial charge >= 0.3 is 0 Å². The average molecular weight is 453 g/mol. The summed E-state index contributed by atoms with van der Waals surface area (Å²) in [7, 11) is 0. The molecule has 2 heterocycles. The Morgan fingerprint density at radius 2 is 2.07 bits per heavy atom. The number of aromatic nitrogens is 2. The fraction of sp³-hybridized carbons (Fsp3) is 0.211. The Morgan fingerprint density at radius 3 is 2.79 bits per heavy atom. The van der Waals surface area contributed by atoms with Crippen LogP contribution in [-0.4, -0.2) is 21.8 Å². The molecule has 2 atom stereocenters. The van der Waals surface area contributed by atoms with Crippen molar-refractivity contribution in [1.29, 1.82) is 0 Å². The number of rotatable bonds is 5. The molecule has 0 bridgehead atoms. The van der Waals surface area contributed by atoms with Crippen LogP contribution >= 0.6 is 35.0 Å². The molecule has 0 fully saturated rings. The van der Waals surface area contributed by atoms with E-state index in [2.05, 4.69) is 15.2 Å². The van der Waals surface area contributed by atoms with E-state index in [-0.39, 0.29) is 34.2 Å². The van der Waals surface area contributed by atoms with Crippen LogP contribution in [0.2, 0.25) is 10.0 Å².